The van der Waals surface area contributed by atoms with Crippen LogP contribution >= 0.6 is 11.3 Å². The van der Waals surface area contributed by atoms with Gasteiger partial charge in [-0.25, -0.2) is 4.98 Å². The summed E-state index contributed by atoms with van der Waals surface area (Å²) in [6.07, 6.45) is 7.24. The lowest BCUT2D eigenvalue weighted by Crippen LogP contribution is -2.37. The molecular formula is C18H24N2OS. The van der Waals surface area contributed by atoms with E-state index in [1.54, 1.807) is 11.3 Å². The lowest BCUT2D eigenvalue weighted by molar-refractivity contribution is -0.122. The number of hydrogen-bond donors (Lipinski definition) is 1. The van der Waals surface area contributed by atoms with Crippen LogP contribution in [0.15, 0.2) is 24.3 Å². The summed E-state index contributed by atoms with van der Waals surface area (Å²) in [7, 11) is 0. The van der Waals surface area contributed by atoms with Gasteiger partial charge in [-0.15, -0.1) is 11.3 Å². The molecule has 1 amide bonds. The Morgan fingerprint density at radius 1 is 1.36 bits per heavy atom. The minimum Gasteiger partial charge on any atom is -0.353 e. The van der Waals surface area contributed by atoms with Gasteiger partial charge >= 0.3 is 0 Å². The molecule has 1 aliphatic carbocycles. The smallest absolute Gasteiger partial charge is 0.220 e. The SMILES string of the molecule is CC1CCCC(NC(=O)CCCc2nc3ccccc3s2)C1. The van der Waals surface area contributed by atoms with Crippen LogP contribution < -0.4 is 5.32 Å². The molecule has 1 aromatic heterocycles. The number of carbonyl (C=O) groups is 1. The number of amides is 1. The van der Waals surface area contributed by atoms with E-state index in [4.69, 9.17) is 0 Å². The number of aryl methyl sites for hydroxylation is 1. The van der Waals surface area contributed by atoms with Crippen molar-refractivity contribution in [1.82, 2.24) is 10.3 Å². The standard InChI is InChI=1S/C18H24N2OS/c1-13-6-4-7-14(12-13)19-17(21)10-5-11-18-20-15-8-2-3-9-16(15)22-18/h2-3,8-9,13-14H,4-7,10-12H2,1H3,(H,19,21). The van der Waals surface area contributed by atoms with Gasteiger partial charge in [-0.3, -0.25) is 4.79 Å². The van der Waals surface area contributed by atoms with Crippen LogP contribution in [-0.4, -0.2) is 16.9 Å². The molecule has 4 heteroatoms. The molecular weight excluding hydrogens is 292 g/mol. The van der Waals surface area contributed by atoms with Gasteiger partial charge in [0.25, 0.3) is 0 Å². The summed E-state index contributed by atoms with van der Waals surface area (Å²) in [5, 5.41) is 4.35. The molecule has 3 nitrogen and oxygen atoms in total. The Morgan fingerprint density at radius 3 is 3.05 bits per heavy atom. The largest absolute Gasteiger partial charge is 0.353 e. The molecule has 22 heavy (non-hydrogen) atoms. The number of benzene rings is 1. The average molecular weight is 316 g/mol. The van der Waals surface area contributed by atoms with Gasteiger partial charge in [0, 0.05) is 12.5 Å². The molecule has 2 unspecified atom stereocenters. The quantitative estimate of drug-likeness (QED) is 0.893. The van der Waals surface area contributed by atoms with Gasteiger partial charge in [-0.05, 0) is 43.7 Å². The fraction of sp³-hybridized carbons (Fsp3) is 0.556. The van der Waals surface area contributed by atoms with Crippen molar-refractivity contribution >= 4 is 27.5 Å². The number of thiazole rings is 1. The van der Waals surface area contributed by atoms with Crippen molar-refractivity contribution in [1.29, 1.82) is 0 Å². The lowest BCUT2D eigenvalue weighted by atomic mass is 9.87. The molecule has 118 valence electrons. The van der Waals surface area contributed by atoms with Gasteiger partial charge in [0.2, 0.25) is 5.91 Å². The molecule has 0 radical (unpaired) electrons. The number of para-hydroxylation sites is 1. The molecule has 1 aliphatic rings. The van der Waals surface area contributed by atoms with E-state index in [1.165, 1.54) is 17.5 Å². The summed E-state index contributed by atoms with van der Waals surface area (Å²) >= 11 is 1.74. The Kier molecular flexibility index (Phi) is 5.08. The van der Waals surface area contributed by atoms with Gasteiger partial charge in [0.1, 0.15) is 0 Å². The van der Waals surface area contributed by atoms with Crippen molar-refractivity contribution in [2.45, 2.75) is 57.9 Å². The van der Waals surface area contributed by atoms with Crippen molar-refractivity contribution in [3.05, 3.63) is 29.3 Å². The molecule has 1 heterocycles. The normalized spacial score (nSPS) is 21.9. The summed E-state index contributed by atoms with van der Waals surface area (Å²) in [6.45, 7) is 2.28. The second-order valence-corrected chi connectivity index (χ2v) is 7.58. The molecule has 1 N–H and O–H groups in total. The second-order valence-electron chi connectivity index (χ2n) is 6.47. The number of nitrogens with zero attached hydrogens (tertiary/aromatic N) is 1. The van der Waals surface area contributed by atoms with Crippen LogP contribution in [0.25, 0.3) is 10.2 Å². The van der Waals surface area contributed by atoms with E-state index >= 15 is 0 Å². The van der Waals surface area contributed by atoms with Gasteiger partial charge < -0.3 is 5.32 Å². The summed E-state index contributed by atoms with van der Waals surface area (Å²) in [4.78, 5) is 16.7. The van der Waals surface area contributed by atoms with Crippen molar-refractivity contribution in [3.63, 3.8) is 0 Å². The Morgan fingerprint density at radius 2 is 2.23 bits per heavy atom. The van der Waals surface area contributed by atoms with E-state index in [2.05, 4.69) is 23.3 Å². The first-order valence-corrected chi connectivity index (χ1v) is 9.16. The maximum absolute atomic E-state index is 12.1. The predicted octanol–water partition coefficient (Wildman–Crippen LogP) is 4.31. The monoisotopic (exact) mass is 316 g/mol. The zero-order valence-electron chi connectivity index (χ0n) is 13.2. The van der Waals surface area contributed by atoms with Crippen LogP contribution in [0.3, 0.4) is 0 Å². The lowest BCUT2D eigenvalue weighted by Gasteiger charge is -2.27. The first-order valence-electron chi connectivity index (χ1n) is 8.34. The Labute approximate surface area is 136 Å². The zero-order chi connectivity index (χ0) is 15.4. The number of carbonyl (C=O) groups excluding carboxylic acids is 1. The number of aromatic nitrogens is 1. The second kappa shape index (κ2) is 7.23. The van der Waals surface area contributed by atoms with Crippen LogP contribution in [0.5, 0.6) is 0 Å². The first-order chi connectivity index (χ1) is 10.7. The Hall–Kier alpha value is -1.42. The van der Waals surface area contributed by atoms with Crippen LogP contribution in [-0.2, 0) is 11.2 Å². The maximum Gasteiger partial charge on any atom is 0.220 e. The van der Waals surface area contributed by atoms with E-state index in [1.807, 2.05) is 18.2 Å². The van der Waals surface area contributed by atoms with E-state index < -0.39 is 0 Å². The predicted molar refractivity (Wildman–Crippen MR) is 92.1 cm³/mol. The highest BCUT2D eigenvalue weighted by atomic mass is 32.1. The van der Waals surface area contributed by atoms with E-state index in [0.717, 1.165) is 42.1 Å². The Balaban J connectivity index is 1.43. The molecule has 2 aromatic rings. The van der Waals surface area contributed by atoms with E-state index in [9.17, 15) is 4.79 Å². The third kappa shape index (κ3) is 4.07. The maximum atomic E-state index is 12.1. The highest BCUT2D eigenvalue weighted by Gasteiger charge is 2.20. The van der Waals surface area contributed by atoms with E-state index in [-0.39, 0.29) is 5.91 Å². The van der Waals surface area contributed by atoms with Gasteiger partial charge in [-0.1, -0.05) is 31.9 Å². The molecule has 1 saturated carbocycles. The summed E-state index contributed by atoms with van der Waals surface area (Å²) in [5.74, 6) is 0.960. The van der Waals surface area contributed by atoms with Gasteiger partial charge in [0.05, 0.1) is 15.2 Å². The van der Waals surface area contributed by atoms with Crippen LogP contribution in [0.1, 0.15) is 50.5 Å². The highest BCUT2D eigenvalue weighted by Crippen LogP contribution is 2.24. The third-order valence-electron chi connectivity index (χ3n) is 4.43. The van der Waals surface area contributed by atoms with Crippen LogP contribution in [0.2, 0.25) is 0 Å². The molecule has 0 spiro atoms. The topological polar surface area (TPSA) is 42.0 Å². The molecule has 0 saturated heterocycles. The summed E-state index contributed by atoms with van der Waals surface area (Å²) in [6, 6.07) is 8.62. The summed E-state index contributed by atoms with van der Waals surface area (Å²) in [5.41, 5.74) is 1.07. The van der Waals surface area contributed by atoms with Crippen molar-refractivity contribution in [2.75, 3.05) is 0 Å². The molecule has 1 aromatic carbocycles. The van der Waals surface area contributed by atoms with Crippen molar-refractivity contribution in [3.8, 4) is 0 Å². The fourth-order valence-electron chi connectivity index (χ4n) is 3.29. The Bertz CT molecular complexity index is 604. The number of hydrogen-bond acceptors (Lipinski definition) is 3. The molecule has 1 fully saturated rings. The van der Waals surface area contributed by atoms with Crippen molar-refractivity contribution < 1.29 is 4.79 Å². The summed E-state index contributed by atoms with van der Waals surface area (Å²) < 4.78 is 1.23. The van der Waals surface area contributed by atoms with Gasteiger partial charge in [0.15, 0.2) is 0 Å². The third-order valence-corrected chi connectivity index (χ3v) is 5.53. The van der Waals surface area contributed by atoms with Crippen LogP contribution in [0.4, 0.5) is 0 Å². The number of nitrogens with one attached hydrogen (secondary N) is 1. The molecule has 2 atom stereocenters. The van der Waals surface area contributed by atoms with Gasteiger partial charge in [-0.2, -0.15) is 0 Å². The first kappa shape index (κ1) is 15.5. The highest BCUT2D eigenvalue weighted by molar-refractivity contribution is 7.18. The molecule has 0 aliphatic heterocycles. The molecule has 3 rings (SSSR count). The minimum absolute atomic E-state index is 0.209. The fourth-order valence-corrected chi connectivity index (χ4v) is 4.30. The van der Waals surface area contributed by atoms with Crippen LogP contribution in [0, 0.1) is 5.92 Å². The number of fused-ring (bicyclic) bond motifs is 1. The molecule has 0 bridgehead atoms. The number of rotatable bonds is 5. The van der Waals surface area contributed by atoms with Crippen molar-refractivity contribution in [2.24, 2.45) is 5.92 Å². The van der Waals surface area contributed by atoms with E-state index in [0.29, 0.717) is 12.5 Å². The minimum atomic E-state index is 0.209. The average Bonchev–Trinajstić information content (AvgIpc) is 2.90. The zero-order valence-corrected chi connectivity index (χ0v) is 14.0.